The summed E-state index contributed by atoms with van der Waals surface area (Å²) < 4.78 is 5.45. The number of hydrogen-bond donors (Lipinski definition) is 4. The molecule has 1 heterocycles. The SMILES string of the molecule is CCNC(=NCc1ccc(O)c(OCC)c1)NCCc1c[nH]c2cccc(C)c12. The van der Waals surface area contributed by atoms with E-state index in [9.17, 15) is 5.11 Å². The van der Waals surface area contributed by atoms with Gasteiger partial charge < -0.3 is 25.5 Å². The van der Waals surface area contributed by atoms with Crippen molar-refractivity contribution in [1.82, 2.24) is 15.6 Å². The highest BCUT2D eigenvalue weighted by atomic mass is 16.5. The predicted octanol–water partition coefficient (Wildman–Crippen LogP) is 3.88. The molecule has 0 bridgehead atoms. The van der Waals surface area contributed by atoms with E-state index in [4.69, 9.17) is 4.74 Å². The Balaban J connectivity index is 1.63. The maximum Gasteiger partial charge on any atom is 0.191 e. The number of guanidine groups is 1. The summed E-state index contributed by atoms with van der Waals surface area (Å²) in [6.45, 7) is 8.68. The Kier molecular flexibility index (Phi) is 7.00. The van der Waals surface area contributed by atoms with E-state index in [0.29, 0.717) is 18.9 Å². The monoisotopic (exact) mass is 394 g/mol. The molecule has 0 radical (unpaired) electrons. The fourth-order valence-corrected chi connectivity index (χ4v) is 3.40. The topological polar surface area (TPSA) is 81.7 Å². The van der Waals surface area contributed by atoms with Crippen molar-refractivity contribution in [2.75, 3.05) is 19.7 Å². The first kappa shape index (κ1) is 20.6. The van der Waals surface area contributed by atoms with Gasteiger partial charge >= 0.3 is 0 Å². The third-order valence-corrected chi connectivity index (χ3v) is 4.77. The van der Waals surface area contributed by atoms with Crippen molar-refractivity contribution in [3.05, 3.63) is 59.3 Å². The molecule has 154 valence electrons. The summed E-state index contributed by atoms with van der Waals surface area (Å²) >= 11 is 0. The zero-order chi connectivity index (χ0) is 20.6. The Bertz CT molecular complexity index is 978. The molecule has 3 aromatic rings. The highest BCUT2D eigenvalue weighted by Crippen LogP contribution is 2.27. The van der Waals surface area contributed by atoms with E-state index in [1.54, 1.807) is 6.07 Å². The first-order valence-corrected chi connectivity index (χ1v) is 10.1. The van der Waals surface area contributed by atoms with Gasteiger partial charge in [-0.3, -0.25) is 0 Å². The fraction of sp³-hybridized carbons (Fsp3) is 0.348. The number of aliphatic imine (C=N–C) groups is 1. The van der Waals surface area contributed by atoms with Crippen LogP contribution >= 0.6 is 0 Å². The number of aryl methyl sites for hydroxylation is 1. The number of aromatic hydroxyl groups is 1. The molecular weight excluding hydrogens is 364 g/mol. The van der Waals surface area contributed by atoms with Crippen molar-refractivity contribution in [1.29, 1.82) is 0 Å². The molecule has 6 nitrogen and oxygen atoms in total. The summed E-state index contributed by atoms with van der Waals surface area (Å²) in [4.78, 5) is 8.02. The van der Waals surface area contributed by atoms with Crippen LogP contribution in [0.2, 0.25) is 0 Å². The zero-order valence-electron chi connectivity index (χ0n) is 17.4. The second-order valence-electron chi connectivity index (χ2n) is 6.92. The lowest BCUT2D eigenvalue weighted by Gasteiger charge is -2.12. The molecular formula is C23H30N4O2. The molecule has 2 aromatic carbocycles. The minimum atomic E-state index is 0.152. The van der Waals surface area contributed by atoms with Crippen LogP contribution in [-0.2, 0) is 13.0 Å². The van der Waals surface area contributed by atoms with E-state index in [1.165, 1.54) is 22.0 Å². The van der Waals surface area contributed by atoms with E-state index >= 15 is 0 Å². The Hall–Kier alpha value is -3.15. The van der Waals surface area contributed by atoms with Crippen LogP contribution in [-0.4, -0.2) is 35.7 Å². The van der Waals surface area contributed by atoms with Gasteiger partial charge in [-0.2, -0.15) is 0 Å². The summed E-state index contributed by atoms with van der Waals surface area (Å²) in [6.07, 6.45) is 3.00. The molecule has 0 spiro atoms. The smallest absolute Gasteiger partial charge is 0.191 e. The number of hydrogen-bond acceptors (Lipinski definition) is 3. The first-order chi connectivity index (χ1) is 14.1. The fourth-order valence-electron chi connectivity index (χ4n) is 3.40. The minimum absolute atomic E-state index is 0.152. The zero-order valence-corrected chi connectivity index (χ0v) is 17.4. The van der Waals surface area contributed by atoms with Gasteiger partial charge in [0.1, 0.15) is 0 Å². The lowest BCUT2D eigenvalue weighted by atomic mass is 10.1. The summed E-state index contributed by atoms with van der Waals surface area (Å²) in [7, 11) is 0. The molecule has 0 fully saturated rings. The lowest BCUT2D eigenvalue weighted by molar-refractivity contribution is 0.318. The number of phenols is 1. The van der Waals surface area contributed by atoms with E-state index in [1.807, 2.05) is 26.0 Å². The standard InChI is InChI=1S/C23H30N4O2/c1-4-24-23(27-14-17-9-10-20(28)21(13-17)29-5-2)25-12-11-18-15-26-19-8-6-7-16(3)22(18)19/h6-10,13,15,26,28H,4-5,11-12,14H2,1-3H3,(H2,24,25,27). The largest absolute Gasteiger partial charge is 0.504 e. The summed E-state index contributed by atoms with van der Waals surface area (Å²) in [5, 5.41) is 17.8. The predicted molar refractivity (Wildman–Crippen MR) is 119 cm³/mol. The van der Waals surface area contributed by atoms with Crippen LogP contribution in [0.15, 0.2) is 47.6 Å². The molecule has 3 rings (SSSR count). The molecule has 0 aliphatic rings. The van der Waals surface area contributed by atoms with Gasteiger partial charge in [0.15, 0.2) is 17.5 Å². The molecule has 0 amide bonds. The second-order valence-corrected chi connectivity index (χ2v) is 6.92. The molecule has 0 aliphatic heterocycles. The van der Waals surface area contributed by atoms with Crippen LogP contribution in [0.3, 0.4) is 0 Å². The maximum atomic E-state index is 9.84. The van der Waals surface area contributed by atoms with Crippen LogP contribution < -0.4 is 15.4 Å². The number of aromatic amines is 1. The molecule has 29 heavy (non-hydrogen) atoms. The number of aromatic nitrogens is 1. The van der Waals surface area contributed by atoms with Crippen molar-refractivity contribution in [3.63, 3.8) is 0 Å². The maximum absolute atomic E-state index is 9.84. The highest BCUT2D eigenvalue weighted by Gasteiger charge is 2.07. The number of nitrogens with zero attached hydrogens (tertiary/aromatic N) is 1. The minimum Gasteiger partial charge on any atom is -0.504 e. The van der Waals surface area contributed by atoms with Crippen LogP contribution in [0.1, 0.15) is 30.5 Å². The van der Waals surface area contributed by atoms with Crippen LogP contribution in [0, 0.1) is 6.92 Å². The average molecular weight is 395 g/mol. The van der Waals surface area contributed by atoms with Crippen molar-refractivity contribution in [3.8, 4) is 11.5 Å². The molecule has 0 saturated heterocycles. The summed E-state index contributed by atoms with van der Waals surface area (Å²) in [5.74, 6) is 1.42. The van der Waals surface area contributed by atoms with Crippen LogP contribution in [0.25, 0.3) is 10.9 Å². The Morgan fingerprint density at radius 1 is 1.17 bits per heavy atom. The summed E-state index contributed by atoms with van der Waals surface area (Å²) in [5.41, 5.74) is 4.76. The number of nitrogens with one attached hydrogen (secondary N) is 3. The number of phenolic OH excluding ortho intramolecular Hbond substituents is 1. The molecule has 0 unspecified atom stereocenters. The van der Waals surface area contributed by atoms with Gasteiger partial charge in [0.25, 0.3) is 0 Å². The molecule has 1 aromatic heterocycles. The number of ether oxygens (including phenoxy) is 1. The van der Waals surface area contributed by atoms with E-state index in [2.05, 4.69) is 51.9 Å². The van der Waals surface area contributed by atoms with Gasteiger partial charge in [0.05, 0.1) is 13.2 Å². The van der Waals surface area contributed by atoms with E-state index in [-0.39, 0.29) is 5.75 Å². The quantitative estimate of drug-likeness (QED) is 0.345. The molecule has 0 saturated carbocycles. The lowest BCUT2D eigenvalue weighted by Crippen LogP contribution is -2.38. The average Bonchev–Trinajstić information content (AvgIpc) is 3.13. The van der Waals surface area contributed by atoms with Gasteiger partial charge in [0, 0.05) is 30.2 Å². The second kappa shape index (κ2) is 9.87. The third-order valence-electron chi connectivity index (χ3n) is 4.77. The molecule has 4 N–H and O–H groups in total. The highest BCUT2D eigenvalue weighted by molar-refractivity contribution is 5.86. The number of fused-ring (bicyclic) bond motifs is 1. The van der Waals surface area contributed by atoms with Crippen LogP contribution in [0.5, 0.6) is 11.5 Å². The number of H-pyrrole nitrogens is 1. The number of benzene rings is 2. The van der Waals surface area contributed by atoms with Crippen molar-refractivity contribution >= 4 is 16.9 Å². The van der Waals surface area contributed by atoms with Crippen LogP contribution in [0.4, 0.5) is 0 Å². The molecule has 6 heteroatoms. The Morgan fingerprint density at radius 2 is 2.03 bits per heavy atom. The van der Waals surface area contributed by atoms with Gasteiger partial charge in [-0.05, 0) is 62.1 Å². The van der Waals surface area contributed by atoms with Gasteiger partial charge in [-0.25, -0.2) is 4.99 Å². The molecule has 0 atom stereocenters. The first-order valence-electron chi connectivity index (χ1n) is 10.1. The van der Waals surface area contributed by atoms with Crippen molar-refractivity contribution in [2.45, 2.75) is 33.7 Å². The van der Waals surface area contributed by atoms with Gasteiger partial charge in [-0.1, -0.05) is 18.2 Å². The van der Waals surface area contributed by atoms with E-state index < -0.39 is 0 Å². The normalized spacial score (nSPS) is 11.6. The third kappa shape index (κ3) is 5.22. The van der Waals surface area contributed by atoms with E-state index in [0.717, 1.165) is 31.0 Å². The number of rotatable bonds is 8. The molecule has 0 aliphatic carbocycles. The Morgan fingerprint density at radius 3 is 2.83 bits per heavy atom. The van der Waals surface area contributed by atoms with Gasteiger partial charge in [-0.15, -0.1) is 0 Å². The Labute approximate surface area is 172 Å². The van der Waals surface area contributed by atoms with Crippen molar-refractivity contribution < 1.29 is 9.84 Å². The van der Waals surface area contributed by atoms with Crippen molar-refractivity contribution in [2.24, 2.45) is 4.99 Å². The summed E-state index contributed by atoms with van der Waals surface area (Å²) in [6, 6.07) is 11.7. The van der Waals surface area contributed by atoms with Gasteiger partial charge in [0.2, 0.25) is 0 Å².